The van der Waals surface area contributed by atoms with E-state index in [0.29, 0.717) is 5.02 Å². The van der Waals surface area contributed by atoms with Crippen molar-refractivity contribution in [3.8, 4) is 0 Å². The molecule has 8 heteroatoms. The molecule has 0 fully saturated rings. The Labute approximate surface area is 96.2 Å². The monoisotopic (exact) mass is 294 g/mol. The fraction of sp³-hybridized carbons (Fsp3) is 0. The second kappa shape index (κ2) is 4.22. The summed E-state index contributed by atoms with van der Waals surface area (Å²) in [6, 6.07) is 5.74. The Morgan fingerprint density at radius 2 is 1.57 bits per heavy atom. The van der Waals surface area contributed by atoms with Crippen LogP contribution in [-0.4, -0.2) is 9.79 Å². The summed E-state index contributed by atoms with van der Waals surface area (Å²) in [6.45, 7) is -4.53. The highest BCUT2D eigenvalue weighted by molar-refractivity contribution is 8.97. The highest BCUT2D eigenvalue weighted by Crippen LogP contribution is 2.87. The number of hydrogen-bond acceptors (Lipinski definition) is 1. The highest BCUT2D eigenvalue weighted by atomic mass is 36.0. The minimum absolute atomic E-state index is 0.193. The summed E-state index contributed by atoms with van der Waals surface area (Å²) in [4.78, 5) is 18.0. The zero-order valence-electron chi connectivity index (χ0n) is 6.60. The van der Waals surface area contributed by atoms with Crippen molar-refractivity contribution in [1.29, 1.82) is 0 Å². The van der Waals surface area contributed by atoms with Gasteiger partial charge in [0.05, 0.1) is 0 Å². The van der Waals surface area contributed by atoms with Gasteiger partial charge in [-0.15, -0.1) is 0 Å². The molecule has 0 aliphatic heterocycles. The highest BCUT2D eigenvalue weighted by Gasteiger charge is 2.40. The molecule has 0 spiro atoms. The largest absolute Gasteiger partial charge is 0.396 e. The lowest BCUT2D eigenvalue weighted by Crippen LogP contribution is -1.86. The zero-order valence-corrected chi connectivity index (χ0v) is 10.6. The van der Waals surface area contributed by atoms with Gasteiger partial charge < -0.3 is 9.79 Å². The molecule has 0 aliphatic carbocycles. The third kappa shape index (κ3) is 2.58. The van der Waals surface area contributed by atoms with E-state index in [1.165, 1.54) is 24.3 Å². The maximum absolute atomic E-state index is 11.0. The summed E-state index contributed by atoms with van der Waals surface area (Å²) in [5.41, 5.74) is 0. The molecule has 1 rings (SSSR count). The molecule has 0 heterocycles. The van der Waals surface area contributed by atoms with Gasteiger partial charge in [-0.3, -0.25) is 0 Å². The second-order valence-corrected chi connectivity index (χ2v) is 12.8. The van der Waals surface area contributed by atoms with Crippen LogP contribution in [0.4, 0.5) is 0 Å². The van der Waals surface area contributed by atoms with Crippen molar-refractivity contribution in [2.45, 2.75) is 4.90 Å². The Kier molecular flexibility index (Phi) is 3.82. The molecular formula is C6H6Cl3O3PS. The lowest BCUT2D eigenvalue weighted by molar-refractivity contribution is 0.396. The molecule has 1 aromatic carbocycles. The summed E-state index contributed by atoms with van der Waals surface area (Å²) < 4.78 is 11.0. The molecule has 0 atom stereocenters. The Morgan fingerprint density at radius 1 is 1.14 bits per heavy atom. The maximum atomic E-state index is 11.0. The average Bonchev–Trinajstić information content (AvgIpc) is 2.03. The molecule has 1 aromatic rings. The predicted molar refractivity (Wildman–Crippen MR) is 61.1 cm³/mol. The van der Waals surface area contributed by atoms with Gasteiger partial charge in [0.2, 0.25) is 0 Å². The van der Waals surface area contributed by atoms with E-state index in [1.54, 1.807) is 0 Å². The Hall–Kier alpha value is 0.590. The van der Waals surface area contributed by atoms with E-state index < -0.39 is 14.9 Å². The van der Waals surface area contributed by atoms with Gasteiger partial charge in [-0.1, -0.05) is 11.6 Å². The molecule has 0 amide bonds. The molecule has 0 saturated heterocycles. The van der Waals surface area contributed by atoms with Crippen molar-refractivity contribution in [2.24, 2.45) is 0 Å². The molecule has 0 aliphatic rings. The first-order valence-electron chi connectivity index (χ1n) is 3.29. The lowest BCUT2D eigenvalue weighted by atomic mass is 10.4. The Balaban J connectivity index is 3.17. The summed E-state index contributed by atoms with van der Waals surface area (Å²) in [7, 11) is 8.12. The van der Waals surface area contributed by atoms with Crippen LogP contribution in [0, 0.1) is 0 Å². The van der Waals surface area contributed by atoms with E-state index in [0.717, 1.165) is 0 Å². The normalized spacial score (nSPS) is 14.1. The van der Waals surface area contributed by atoms with Crippen LogP contribution in [0.1, 0.15) is 0 Å². The molecule has 2 N–H and O–H groups in total. The van der Waals surface area contributed by atoms with E-state index in [1.807, 2.05) is 0 Å². The van der Waals surface area contributed by atoms with Gasteiger partial charge >= 0.3 is 6.80 Å². The van der Waals surface area contributed by atoms with Crippen LogP contribution in [0.3, 0.4) is 0 Å². The van der Waals surface area contributed by atoms with Crippen molar-refractivity contribution in [3.63, 3.8) is 0 Å². The van der Waals surface area contributed by atoms with Crippen molar-refractivity contribution < 1.29 is 14.4 Å². The second-order valence-electron chi connectivity index (χ2n) is 2.39. The van der Waals surface area contributed by atoms with E-state index in [4.69, 9.17) is 42.8 Å². The van der Waals surface area contributed by atoms with E-state index >= 15 is 0 Å². The molecule has 0 radical (unpaired) electrons. The van der Waals surface area contributed by atoms with Crippen molar-refractivity contribution >= 4 is 47.8 Å². The van der Waals surface area contributed by atoms with Gasteiger partial charge in [0.15, 0.2) is 0 Å². The molecule has 14 heavy (non-hydrogen) atoms. The van der Waals surface area contributed by atoms with Gasteiger partial charge in [0, 0.05) is 18.0 Å². The lowest BCUT2D eigenvalue weighted by Gasteiger charge is -2.25. The minimum Gasteiger partial charge on any atom is -0.316 e. The number of rotatable bonds is 2. The van der Waals surface area contributed by atoms with Gasteiger partial charge in [-0.2, -0.15) is 0 Å². The summed E-state index contributed by atoms with van der Waals surface area (Å²) in [6.07, 6.45) is 0. The van der Waals surface area contributed by atoms with Crippen LogP contribution < -0.4 is 0 Å². The van der Waals surface area contributed by atoms with E-state index in [2.05, 4.69) is 0 Å². The summed E-state index contributed by atoms with van der Waals surface area (Å²) in [5.74, 6) is 0. The smallest absolute Gasteiger partial charge is 0.316 e. The Morgan fingerprint density at radius 3 is 1.93 bits per heavy atom. The molecule has 0 aromatic heterocycles. The van der Waals surface area contributed by atoms with Gasteiger partial charge in [-0.25, -0.2) is 4.57 Å². The molecule has 0 saturated carbocycles. The fourth-order valence-electron chi connectivity index (χ4n) is 0.736. The first-order valence-corrected chi connectivity index (χ1v) is 9.17. The molecule has 0 bridgehead atoms. The van der Waals surface area contributed by atoms with Gasteiger partial charge in [-0.05, 0) is 45.6 Å². The topological polar surface area (TPSA) is 57.5 Å². The third-order valence-electron chi connectivity index (χ3n) is 1.40. The third-order valence-corrected chi connectivity index (χ3v) is 9.81. The van der Waals surface area contributed by atoms with E-state index in [-0.39, 0.29) is 4.90 Å². The van der Waals surface area contributed by atoms with Crippen molar-refractivity contribution in [1.82, 2.24) is 0 Å². The fourth-order valence-corrected chi connectivity index (χ4v) is 3.41. The first kappa shape index (κ1) is 12.7. The summed E-state index contributed by atoms with van der Waals surface area (Å²) >= 11 is 5.61. The zero-order chi connectivity index (χ0) is 11.0. The van der Waals surface area contributed by atoms with Crippen LogP contribution >= 0.6 is 47.8 Å². The van der Waals surface area contributed by atoms with Crippen molar-refractivity contribution in [3.05, 3.63) is 29.3 Å². The summed E-state index contributed by atoms with van der Waals surface area (Å²) in [5, 5.41) is 0.447. The first-order chi connectivity index (χ1) is 6.25. The quantitative estimate of drug-likeness (QED) is 0.813. The molecule has 80 valence electrons. The van der Waals surface area contributed by atoms with E-state index in [9.17, 15) is 4.57 Å². The van der Waals surface area contributed by atoms with Crippen LogP contribution in [0.15, 0.2) is 29.2 Å². The number of halogens is 3. The minimum atomic E-state index is -4.53. The molecular weight excluding hydrogens is 289 g/mol. The van der Waals surface area contributed by atoms with Gasteiger partial charge in [0.25, 0.3) is 0 Å². The molecule has 0 unspecified atom stereocenters. The average molecular weight is 296 g/mol. The maximum Gasteiger partial charge on any atom is 0.396 e. The number of benzene rings is 1. The predicted octanol–water partition coefficient (Wildman–Crippen LogP) is 3.90. The molecule has 3 nitrogen and oxygen atoms in total. The Bertz CT molecular complexity index is 374. The van der Waals surface area contributed by atoms with Crippen LogP contribution in [0.25, 0.3) is 0 Å². The van der Waals surface area contributed by atoms with Gasteiger partial charge in [0.1, 0.15) is 0 Å². The van der Waals surface area contributed by atoms with Crippen LogP contribution in [0.2, 0.25) is 5.02 Å². The van der Waals surface area contributed by atoms with Crippen molar-refractivity contribution in [2.75, 3.05) is 0 Å². The number of hydrogen-bond donors (Lipinski definition) is 2. The standard InChI is InChI=1S/C6H6Cl3O3PS/c7-5-1-3-6(4-2-5)14(8,9)13(10,11)12/h1-4H,(H2,10,11,12). The van der Waals surface area contributed by atoms with Crippen LogP contribution in [-0.2, 0) is 4.57 Å². The van der Waals surface area contributed by atoms with Crippen LogP contribution in [0.5, 0.6) is 0 Å². The SMILES string of the molecule is O=P(O)(O)S(Cl)(Cl)c1ccc(Cl)cc1.